The minimum atomic E-state index is 0.232. The van der Waals surface area contributed by atoms with Gasteiger partial charge < -0.3 is 4.90 Å². The second-order valence-corrected chi connectivity index (χ2v) is 4.76. The third-order valence-electron chi connectivity index (χ3n) is 2.87. The van der Waals surface area contributed by atoms with Crippen LogP contribution in [0.2, 0.25) is 0 Å². The summed E-state index contributed by atoms with van der Waals surface area (Å²) in [6, 6.07) is 8.63. The predicted octanol–water partition coefficient (Wildman–Crippen LogP) is 3.87. The largest absolute Gasteiger partial charge is 0.378 e. The number of alkyl halides is 1. The van der Waals surface area contributed by atoms with E-state index in [-0.39, 0.29) is 5.38 Å². The van der Waals surface area contributed by atoms with Crippen molar-refractivity contribution in [3.8, 4) is 0 Å². The number of hydrogen-bond acceptors (Lipinski definition) is 1. The van der Waals surface area contributed by atoms with Crippen LogP contribution in [0.15, 0.2) is 24.3 Å². The van der Waals surface area contributed by atoms with Crippen LogP contribution in [0.5, 0.6) is 0 Å². The molecule has 2 atom stereocenters. The van der Waals surface area contributed by atoms with Crippen molar-refractivity contribution in [1.82, 2.24) is 0 Å². The highest BCUT2D eigenvalue weighted by Gasteiger charge is 2.14. The molecule has 0 radical (unpaired) electrons. The fourth-order valence-electron chi connectivity index (χ4n) is 1.64. The highest BCUT2D eigenvalue weighted by atomic mass is 35.5. The fourth-order valence-corrected chi connectivity index (χ4v) is 1.78. The van der Waals surface area contributed by atoms with Gasteiger partial charge in [0.2, 0.25) is 0 Å². The van der Waals surface area contributed by atoms with Gasteiger partial charge in [0.25, 0.3) is 0 Å². The lowest BCUT2D eigenvalue weighted by atomic mass is 9.96. The number of rotatable bonds is 4. The first-order valence-electron chi connectivity index (χ1n) is 5.47. The summed E-state index contributed by atoms with van der Waals surface area (Å²) < 4.78 is 0. The Balaban J connectivity index is 2.79. The number of hydrogen-bond donors (Lipinski definition) is 0. The van der Waals surface area contributed by atoms with Crippen molar-refractivity contribution in [1.29, 1.82) is 0 Å². The molecule has 0 bridgehead atoms. The van der Waals surface area contributed by atoms with Gasteiger partial charge in [0.15, 0.2) is 0 Å². The average Bonchev–Trinajstić information content (AvgIpc) is 2.27. The van der Waals surface area contributed by atoms with Crippen LogP contribution in [0, 0.1) is 0 Å². The summed E-state index contributed by atoms with van der Waals surface area (Å²) >= 11 is 6.24. The maximum absolute atomic E-state index is 6.24. The molecular weight excluding hydrogens is 206 g/mol. The van der Waals surface area contributed by atoms with Gasteiger partial charge in [-0.2, -0.15) is 0 Å². The van der Waals surface area contributed by atoms with Crippen LogP contribution in [0.3, 0.4) is 0 Å². The summed E-state index contributed by atoms with van der Waals surface area (Å²) in [6.07, 6.45) is 1.01. The normalized spacial score (nSPS) is 14.7. The van der Waals surface area contributed by atoms with Crippen LogP contribution >= 0.6 is 11.6 Å². The minimum absolute atomic E-state index is 0.232. The van der Waals surface area contributed by atoms with E-state index in [2.05, 4.69) is 57.1 Å². The SMILES string of the molecule is CCC(Cl)C(C)c1ccc(N(C)C)cc1. The summed E-state index contributed by atoms with van der Waals surface area (Å²) in [5, 5.41) is 0.232. The molecule has 0 amide bonds. The Morgan fingerprint density at radius 3 is 2.13 bits per heavy atom. The number of halogens is 1. The van der Waals surface area contributed by atoms with Crippen molar-refractivity contribution in [2.75, 3.05) is 19.0 Å². The summed E-state index contributed by atoms with van der Waals surface area (Å²) in [6.45, 7) is 4.31. The third kappa shape index (κ3) is 3.13. The van der Waals surface area contributed by atoms with Gasteiger partial charge >= 0.3 is 0 Å². The molecular formula is C13H20ClN. The minimum Gasteiger partial charge on any atom is -0.378 e. The van der Waals surface area contributed by atoms with E-state index in [1.165, 1.54) is 11.3 Å². The smallest absolute Gasteiger partial charge is 0.0399 e. The standard InChI is InChI=1S/C13H20ClN/c1-5-13(14)10(2)11-6-8-12(9-7-11)15(3)4/h6-10,13H,5H2,1-4H3. The first kappa shape index (κ1) is 12.4. The summed E-state index contributed by atoms with van der Waals surface area (Å²) in [5.74, 6) is 0.424. The lowest BCUT2D eigenvalue weighted by Gasteiger charge is -2.18. The van der Waals surface area contributed by atoms with E-state index in [9.17, 15) is 0 Å². The second-order valence-electron chi connectivity index (χ2n) is 4.20. The van der Waals surface area contributed by atoms with Gasteiger partial charge in [-0.1, -0.05) is 26.0 Å². The topological polar surface area (TPSA) is 3.24 Å². The Morgan fingerprint density at radius 1 is 1.20 bits per heavy atom. The van der Waals surface area contributed by atoms with E-state index in [4.69, 9.17) is 11.6 Å². The van der Waals surface area contributed by atoms with E-state index >= 15 is 0 Å². The van der Waals surface area contributed by atoms with E-state index in [1.807, 2.05) is 0 Å². The molecule has 0 aliphatic rings. The summed E-state index contributed by atoms with van der Waals surface area (Å²) in [4.78, 5) is 2.10. The lowest BCUT2D eigenvalue weighted by molar-refractivity contribution is 0.675. The van der Waals surface area contributed by atoms with E-state index < -0.39 is 0 Å². The van der Waals surface area contributed by atoms with Crippen LogP contribution in [-0.2, 0) is 0 Å². The maximum atomic E-state index is 6.24. The zero-order valence-electron chi connectivity index (χ0n) is 10.00. The fraction of sp³-hybridized carbons (Fsp3) is 0.538. The molecule has 1 aromatic rings. The zero-order chi connectivity index (χ0) is 11.4. The van der Waals surface area contributed by atoms with Crippen molar-refractivity contribution >= 4 is 17.3 Å². The van der Waals surface area contributed by atoms with Crippen molar-refractivity contribution in [3.05, 3.63) is 29.8 Å². The first-order chi connectivity index (χ1) is 7.06. The summed E-state index contributed by atoms with van der Waals surface area (Å²) in [5.41, 5.74) is 2.55. The molecule has 2 unspecified atom stereocenters. The molecule has 0 fully saturated rings. The maximum Gasteiger partial charge on any atom is 0.0399 e. The number of benzene rings is 1. The van der Waals surface area contributed by atoms with Crippen molar-refractivity contribution in [2.24, 2.45) is 0 Å². The molecule has 84 valence electrons. The molecule has 0 saturated carbocycles. The van der Waals surface area contributed by atoms with E-state index in [1.54, 1.807) is 0 Å². The van der Waals surface area contributed by atoms with Gasteiger partial charge in [-0.25, -0.2) is 0 Å². The zero-order valence-corrected chi connectivity index (χ0v) is 10.8. The molecule has 15 heavy (non-hydrogen) atoms. The van der Waals surface area contributed by atoms with Gasteiger partial charge in [-0.15, -0.1) is 11.6 Å². The Morgan fingerprint density at radius 2 is 1.73 bits per heavy atom. The quantitative estimate of drug-likeness (QED) is 0.704. The summed E-state index contributed by atoms with van der Waals surface area (Å²) in [7, 11) is 4.10. The highest BCUT2D eigenvalue weighted by molar-refractivity contribution is 6.21. The molecule has 0 saturated heterocycles. The van der Waals surface area contributed by atoms with Crippen molar-refractivity contribution in [2.45, 2.75) is 31.6 Å². The van der Waals surface area contributed by atoms with Gasteiger partial charge in [0, 0.05) is 25.2 Å². The third-order valence-corrected chi connectivity index (χ3v) is 3.55. The number of nitrogens with zero attached hydrogens (tertiary/aromatic N) is 1. The molecule has 0 heterocycles. The molecule has 0 aliphatic carbocycles. The van der Waals surface area contributed by atoms with Gasteiger partial charge in [-0.3, -0.25) is 0 Å². The second kappa shape index (κ2) is 5.41. The van der Waals surface area contributed by atoms with Gasteiger partial charge in [0.1, 0.15) is 0 Å². The van der Waals surface area contributed by atoms with Gasteiger partial charge in [0.05, 0.1) is 0 Å². The Labute approximate surface area is 98.0 Å². The first-order valence-corrected chi connectivity index (χ1v) is 5.91. The van der Waals surface area contributed by atoms with Crippen molar-refractivity contribution in [3.63, 3.8) is 0 Å². The molecule has 1 nitrogen and oxygen atoms in total. The Kier molecular flexibility index (Phi) is 4.46. The van der Waals surface area contributed by atoms with E-state index in [0.717, 1.165) is 6.42 Å². The molecule has 0 spiro atoms. The van der Waals surface area contributed by atoms with Crippen molar-refractivity contribution < 1.29 is 0 Å². The van der Waals surface area contributed by atoms with Crippen LogP contribution in [0.4, 0.5) is 5.69 Å². The molecule has 0 N–H and O–H groups in total. The van der Waals surface area contributed by atoms with Crippen LogP contribution in [-0.4, -0.2) is 19.5 Å². The van der Waals surface area contributed by atoms with Gasteiger partial charge in [-0.05, 0) is 30.0 Å². The molecule has 1 aromatic carbocycles. The van der Waals surface area contributed by atoms with Crippen LogP contribution in [0.1, 0.15) is 31.7 Å². The number of anilines is 1. The predicted molar refractivity (Wildman–Crippen MR) is 69.1 cm³/mol. The molecule has 0 aromatic heterocycles. The monoisotopic (exact) mass is 225 g/mol. The Hall–Kier alpha value is -0.690. The van der Waals surface area contributed by atoms with Crippen LogP contribution < -0.4 is 4.90 Å². The average molecular weight is 226 g/mol. The molecule has 0 aliphatic heterocycles. The highest BCUT2D eigenvalue weighted by Crippen LogP contribution is 2.26. The van der Waals surface area contributed by atoms with Crippen LogP contribution in [0.25, 0.3) is 0 Å². The van der Waals surface area contributed by atoms with E-state index in [0.29, 0.717) is 5.92 Å². The Bertz CT molecular complexity index is 292. The lowest BCUT2D eigenvalue weighted by Crippen LogP contribution is -2.10. The molecule has 1 rings (SSSR count). The molecule has 2 heteroatoms.